The first kappa shape index (κ1) is 23.4. The van der Waals surface area contributed by atoms with Gasteiger partial charge in [-0.1, -0.05) is 26.3 Å². The predicted molar refractivity (Wildman–Crippen MR) is 92.5 cm³/mol. The van der Waals surface area contributed by atoms with Crippen molar-refractivity contribution >= 4 is 24.8 Å². The summed E-state index contributed by atoms with van der Waals surface area (Å²) in [5, 5.41) is 3.24. The van der Waals surface area contributed by atoms with E-state index in [1.54, 1.807) is 0 Å². The van der Waals surface area contributed by atoms with Gasteiger partial charge >= 0.3 is 6.18 Å². The van der Waals surface area contributed by atoms with Crippen LogP contribution in [-0.2, 0) is 6.18 Å². The predicted octanol–water partition coefficient (Wildman–Crippen LogP) is 4.68. The molecule has 1 heterocycles. The number of alkyl halides is 3. The van der Waals surface area contributed by atoms with Gasteiger partial charge in [0.25, 0.3) is 0 Å². The lowest BCUT2D eigenvalue weighted by Gasteiger charge is -2.38. The van der Waals surface area contributed by atoms with E-state index >= 15 is 0 Å². The van der Waals surface area contributed by atoms with Gasteiger partial charge in [0.15, 0.2) is 0 Å². The summed E-state index contributed by atoms with van der Waals surface area (Å²) < 4.78 is 52.4. The topological polar surface area (TPSA) is 15.3 Å². The molecule has 1 aromatic rings. The number of hydrogen-bond donors (Lipinski definition) is 1. The number of nitrogens with zero attached hydrogens (tertiary/aromatic N) is 1. The molecular formula is C16H24Cl2F4N2. The molecule has 2 atom stereocenters. The first-order valence-electron chi connectivity index (χ1n) is 7.66. The summed E-state index contributed by atoms with van der Waals surface area (Å²) in [6.45, 7) is 7.26. The zero-order valence-electron chi connectivity index (χ0n) is 13.7. The summed E-state index contributed by atoms with van der Waals surface area (Å²) in [6.07, 6.45) is -3.81. The highest BCUT2D eigenvalue weighted by Crippen LogP contribution is 2.36. The summed E-state index contributed by atoms with van der Waals surface area (Å²) in [5.41, 5.74) is -0.626. The van der Waals surface area contributed by atoms with Crippen LogP contribution in [0.2, 0.25) is 0 Å². The van der Waals surface area contributed by atoms with E-state index in [1.165, 1.54) is 6.07 Å². The fraction of sp³-hybridized carbons (Fsp3) is 0.625. The van der Waals surface area contributed by atoms with E-state index in [0.29, 0.717) is 5.56 Å². The van der Waals surface area contributed by atoms with Gasteiger partial charge in [-0.3, -0.25) is 4.90 Å². The molecule has 24 heavy (non-hydrogen) atoms. The highest BCUT2D eigenvalue weighted by Gasteiger charge is 2.36. The highest BCUT2D eigenvalue weighted by molar-refractivity contribution is 5.85. The summed E-state index contributed by atoms with van der Waals surface area (Å²) in [7, 11) is 0. The Balaban J connectivity index is 0.00000264. The Morgan fingerprint density at radius 1 is 1.17 bits per heavy atom. The first-order valence-corrected chi connectivity index (χ1v) is 7.66. The lowest BCUT2D eigenvalue weighted by atomic mass is 9.89. The van der Waals surface area contributed by atoms with Crippen molar-refractivity contribution in [3.05, 3.63) is 35.1 Å². The van der Waals surface area contributed by atoms with Gasteiger partial charge in [0.05, 0.1) is 5.56 Å². The Morgan fingerprint density at radius 3 is 2.25 bits per heavy atom. The molecule has 1 aliphatic heterocycles. The summed E-state index contributed by atoms with van der Waals surface area (Å²) in [6, 6.07) is 3.29. The fourth-order valence-corrected chi connectivity index (χ4v) is 3.03. The molecule has 8 heteroatoms. The number of piperazine rings is 1. The molecule has 0 aromatic heterocycles. The van der Waals surface area contributed by atoms with Gasteiger partial charge in [0.2, 0.25) is 0 Å². The monoisotopic (exact) mass is 390 g/mol. The largest absolute Gasteiger partial charge is 0.419 e. The number of rotatable bonds is 4. The molecule has 0 spiro atoms. The van der Waals surface area contributed by atoms with E-state index in [2.05, 4.69) is 10.2 Å². The van der Waals surface area contributed by atoms with Crippen molar-refractivity contribution < 1.29 is 17.6 Å². The van der Waals surface area contributed by atoms with Gasteiger partial charge in [0.1, 0.15) is 5.82 Å². The van der Waals surface area contributed by atoms with Gasteiger partial charge in [-0.2, -0.15) is 13.2 Å². The van der Waals surface area contributed by atoms with E-state index in [9.17, 15) is 17.6 Å². The van der Waals surface area contributed by atoms with Crippen LogP contribution in [-0.4, -0.2) is 31.1 Å². The Kier molecular flexibility index (Phi) is 9.57. The van der Waals surface area contributed by atoms with Crippen LogP contribution in [0.1, 0.15) is 37.4 Å². The number of benzene rings is 1. The van der Waals surface area contributed by atoms with Crippen molar-refractivity contribution in [2.24, 2.45) is 5.92 Å². The molecule has 0 amide bonds. The second-order valence-corrected chi connectivity index (χ2v) is 5.85. The van der Waals surface area contributed by atoms with E-state index in [1.807, 2.05) is 13.8 Å². The van der Waals surface area contributed by atoms with Gasteiger partial charge in [-0.25, -0.2) is 4.39 Å². The normalized spacial score (nSPS) is 18.2. The van der Waals surface area contributed by atoms with Gasteiger partial charge in [0, 0.05) is 32.2 Å². The second kappa shape index (κ2) is 9.80. The molecule has 140 valence electrons. The molecule has 0 saturated carbocycles. The second-order valence-electron chi connectivity index (χ2n) is 5.85. The molecular weight excluding hydrogens is 367 g/mol. The minimum absolute atomic E-state index is 0. The van der Waals surface area contributed by atoms with Crippen LogP contribution >= 0.6 is 24.8 Å². The van der Waals surface area contributed by atoms with Crippen LogP contribution in [0, 0.1) is 11.7 Å². The molecule has 0 radical (unpaired) electrons. The van der Waals surface area contributed by atoms with E-state index < -0.39 is 17.6 Å². The third-order valence-corrected chi connectivity index (χ3v) is 4.37. The SMILES string of the molecule is CCC(C)[C@H](c1ccc(F)c(C(F)(F)F)c1)N1CCNCC1.Cl.Cl. The lowest BCUT2D eigenvalue weighted by Crippen LogP contribution is -2.46. The maximum atomic E-state index is 13.5. The van der Waals surface area contributed by atoms with Gasteiger partial charge < -0.3 is 5.32 Å². The summed E-state index contributed by atoms with van der Waals surface area (Å²) in [5.74, 6) is -1.01. The van der Waals surface area contributed by atoms with Crippen molar-refractivity contribution in [2.75, 3.05) is 26.2 Å². The van der Waals surface area contributed by atoms with Crippen LogP contribution in [0.15, 0.2) is 18.2 Å². The van der Waals surface area contributed by atoms with Crippen molar-refractivity contribution in [1.82, 2.24) is 10.2 Å². The molecule has 1 aliphatic rings. The number of halogens is 6. The number of nitrogens with one attached hydrogen (secondary N) is 1. The molecule has 0 aliphatic carbocycles. The Hall–Kier alpha value is -0.560. The Morgan fingerprint density at radius 2 is 1.75 bits per heavy atom. The molecule has 1 unspecified atom stereocenters. The van der Waals surface area contributed by atoms with E-state index in [-0.39, 0.29) is 36.8 Å². The summed E-state index contributed by atoms with van der Waals surface area (Å²) >= 11 is 0. The minimum atomic E-state index is -4.66. The van der Waals surface area contributed by atoms with Crippen LogP contribution < -0.4 is 5.32 Å². The zero-order valence-corrected chi connectivity index (χ0v) is 15.3. The Labute approximate surface area is 152 Å². The highest BCUT2D eigenvalue weighted by atomic mass is 35.5. The number of hydrogen-bond acceptors (Lipinski definition) is 2. The minimum Gasteiger partial charge on any atom is -0.314 e. The quantitative estimate of drug-likeness (QED) is 0.750. The maximum Gasteiger partial charge on any atom is 0.419 e. The molecule has 1 aromatic carbocycles. The zero-order chi connectivity index (χ0) is 16.3. The third kappa shape index (κ3) is 5.48. The average Bonchev–Trinajstić information content (AvgIpc) is 2.49. The van der Waals surface area contributed by atoms with Crippen molar-refractivity contribution in [2.45, 2.75) is 32.5 Å². The molecule has 1 saturated heterocycles. The molecule has 2 nitrogen and oxygen atoms in total. The fourth-order valence-electron chi connectivity index (χ4n) is 3.03. The smallest absolute Gasteiger partial charge is 0.314 e. The first-order chi connectivity index (χ1) is 10.3. The molecule has 1 fully saturated rings. The molecule has 1 N–H and O–H groups in total. The van der Waals surface area contributed by atoms with Crippen LogP contribution in [0.25, 0.3) is 0 Å². The third-order valence-electron chi connectivity index (χ3n) is 4.37. The van der Waals surface area contributed by atoms with E-state index in [0.717, 1.165) is 44.7 Å². The van der Waals surface area contributed by atoms with Crippen LogP contribution in [0.5, 0.6) is 0 Å². The van der Waals surface area contributed by atoms with Gasteiger partial charge in [-0.15, -0.1) is 24.8 Å². The van der Waals surface area contributed by atoms with Crippen molar-refractivity contribution in [1.29, 1.82) is 0 Å². The average molecular weight is 391 g/mol. The molecule has 0 bridgehead atoms. The van der Waals surface area contributed by atoms with Crippen molar-refractivity contribution in [3.8, 4) is 0 Å². The standard InChI is InChI=1S/C16H22F4N2.2ClH/c1-3-11(2)15(22-8-6-21-7-9-22)12-4-5-14(17)13(10-12)16(18,19)20;;/h4-5,10-11,15,21H,3,6-9H2,1-2H3;2*1H/t11?,15-;;/m1../s1. The van der Waals surface area contributed by atoms with Gasteiger partial charge in [-0.05, 0) is 23.6 Å². The van der Waals surface area contributed by atoms with Crippen molar-refractivity contribution in [3.63, 3.8) is 0 Å². The maximum absolute atomic E-state index is 13.5. The summed E-state index contributed by atoms with van der Waals surface area (Å²) in [4.78, 5) is 2.19. The lowest BCUT2D eigenvalue weighted by molar-refractivity contribution is -0.140. The molecule has 2 rings (SSSR count). The Bertz CT molecular complexity index is 505. The van der Waals surface area contributed by atoms with Crippen LogP contribution in [0.4, 0.5) is 17.6 Å². The van der Waals surface area contributed by atoms with E-state index in [4.69, 9.17) is 0 Å². The van der Waals surface area contributed by atoms with Crippen LogP contribution in [0.3, 0.4) is 0 Å².